The molecule has 1 aromatic rings. The highest BCUT2D eigenvalue weighted by Gasteiger charge is 2.09. The van der Waals surface area contributed by atoms with Crippen LogP contribution in [0.4, 0.5) is 0 Å². The second-order valence-corrected chi connectivity index (χ2v) is 5.27. The summed E-state index contributed by atoms with van der Waals surface area (Å²) in [5.41, 5.74) is 1.28. The highest BCUT2D eigenvalue weighted by Crippen LogP contribution is 2.29. The summed E-state index contributed by atoms with van der Waals surface area (Å²) in [6, 6.07) is 3.45. The molecule has 0 unspecified atom stereocenters. The minimum Gasteiger partial charge on any atom is -0.461 e. The number of carbonyl (C=O) groups excluding carboxylic acids is 1. The first-order valence-electron chi connectivity index (χ1n) is 5.03. The van der Waals surface area contributed by atoms with Gasteiger partial charge in [-0.3, -0.25) is 4.79 Å². The molecule has 0 fully saturated rings. The third-order valence-corrected chi connectivity index (χ3v) is 4.68. The SMILES string of the molecule is CSC(SC)=C(C)CCC(=O)c1ccco1. The standard InChI is InChI=1S/C12H16O2S2/c1-9(12(15-2)16-3)6-7-10(13)11-5-4-8-14-11/h4-5,8H,6-7H2,1-3H3. The van der Waals surface area contributed by atoms with Crippen molar-refractivity contribution in [3.8, 4) is 0 Å². The normalized spacial score (nSPS) is 10.2. The Morgan fingerprint density at radius 1 is 1.31 bits per heavy atom. The first-order valence-corrected chi connectivity index (χ1v) is 7.48. The monoisotopic (exact) mass is 256 g/mol. The Kier molecular flexibility index (Phi) is 5.77. The maximum Gasteiger partial charge on any atom is 0.198 e. The van der Waals surface area contributed by atoms with Crippen LogP contribution in [0.1, 0.15) is 30.3 Å². The molecule has 16 heavy (non-hydrogen) atoms. The smallest absolute Gasteiger partial charge is 0.198 e. The minimum atomic E-state index is 0.0749. The topological polar surface area (TPSA) is 30.2 Å². The zero-order chi connectivity index (χ0) is 12.0. The van der Waals surface area contributed by atoms with Crippen LogP contribution in [0.5, 0.6) is 0 Å². The van der Waals surface area contributed by atoms with Crippen LogP contribution in [-0.2, 0) is 0 Å². The lowest BCUT2D eigenvalue weighted by atomic mass is 10.1. The van der Waals surface area contributed by atoms with Gasteiger partial charge in [0.25, 0.3) is 0 Å². The lowest BCUT2D eigenvalue weighted by Crippen LogP contribution is -1.97. The molecule has 0 atom stereocenters. The van der Waals surface area contributed by atoms with Crippen LogP contribution in [0, 0.1) is 0 Å². The number of ketones is 1. The Hall–Kier alpha value is -0.610. The summed E-state index contributed by atoms with van der Waals surface area (Å²) in [7, 11) is 0. The van der Waals surface area contributed by atoms with E-state index in [4.69, 9.17) is 4.42 Å². The molecule has 0 aliphatic rings. The molecule has 0 N–H and O–H groups in total. The van der Waals surface area contributed by atoms with E-state index in [1.807, 2.05) is 0 Å². The van der Waals surface area contributed by atoms with E-state index in [-0.39, 0.29) is 5.78 Å². The van der Waals surface area contributed by atoms with E-state index in [0.717, 1.165) is 6.42 Å². The summed E-state index contributed by atoms with van der Waals surface area (Å²) in [5.74, 6) is 0.536. The lowest BCUT2D eigenvalue weighted by Gasteiger charge is -2.06. The van der Waals surface area contributed by atoms with Gasteiger partial charge in [-0.05, 0) is 38.0 Å². The van der Waals surface area contributed by atoms with Crippen LogP contribution in [0.3, 0.4) is 0 Å². The maximum atomic E-state index is 11.7. The fraction of sp³-hybridized carbons (Fsp3) is 0.417. The molecule has 0 spiro atoms. The highest BCUT2D eigenvalue weighted by atomic mass is 32.2. The van der Waals surface area contributed by atoms with Crippen molar-refractivity contribution in [2.75, 3.05) is 12.5 Å². The van der Waals surface area contributed by atoms with Crippen molar-refractivity contribution in [3.63, 3.8) is 0 Å². The van der Waals surface area contributed by atoms with Crippen molar-refractivity contribution in [2.24, 2.45) is 0 Å². The van der Waals surface area contributed by atoms with E-state index in [2.05, 4.69) is 19.4 Å². The molecule has 1 rings (SSSR count). The van der Waals surface area contributed by atoms with Crippen molar-refractivity contribution >= 4 is 29.3 Å². The molecule has 0 amide bonds. The van der Waals surface area contributed by atoms with Gasteiger partial charge in [0, 0.05) is 10.7 Å². The van der Waals surface area contributed by atoms with Gasteiger partial charge < -0.3 is 4.42 Å². The van der Waals surface area contributed by atoms with Gasteiger partial charge in [-0.1, -0.05) is 5.57 Å². The summed E-state index contributed by atoms with van der Waals surface area (Å²) in [6.07, 6.45) is 6.97. The van der Waals surface area contributed by atoms with Gasteiger partial charge in [-0.2, -0.15) is 0 Å². The zero-order valence-corrected chi connectivity index (χ0v) is 11.4. The van der Waals surface area contributed by atoms with Gasteiger partial charge in [0.2, 0.25) is 0 Å². The predicted molar refractivity (Wildman–Crippen MR) is 72.0 cm³/mol. The van der Waals surface area contributed by atoms with Gasteiger partial charge >= 0.3 is 0 Å². The average molecular weight is 256 g/mol. The number of carbonyl (C=O) groups is 1. The Balaban J connectivity index is 2.52. The Morgan fingerprint density at radius 3 is 2.50 bits per heavy atom. The molecular weight excluding hydrogens is 240 g/mol. The van der Waals surface area contributed by atoms with Crippen LogP contribution >= 0.6 is 23.5 Å². The number of furan rings is 1. The van der Waals surface area contributed by atoms with Gasteiger partial charge in [0.15, 0.2) is 11.5 Å². The van der Waals surface area contributed by atoms with E-state index >= 15 is 0 Å². The third-order valence-electron chi connectivity index (χ3n) is 2.24. The zero-order valence-electron chi connectivity index (χ0n) is 9.78. The Bertz CT molecular complexity index is 360. The van der Waals surface area contributed by atoms with Gasteiger partial charge in [-0.25, -0.2) is 0 Å². The quantitative estimate of drug-likeness (QED) is 0.714. The molecule has 0 bridgehead atoms. The van der Waals surface area contributed by atoms with E-state index in [0.29, 0.717) is 12.2 Å². The Morgan fingerprint density at radius 2 is 2.00 bits per heavy atom. The minimum absolute atomic E-state index is 0.0749. The third kappa shape index (κ3) is 3.76. The largest absolute Gasteiger partial charge is 0.461 e. The fourth-order valence-electron chi connectivity index (χ4n) is 1.40. The van der Waals surface area contributed by atoms with Crippen LogP contribution in [0.15, 0.2) is 32.6 Å². The van der Waals surface area contributed by atoms with E-state index < -0.39 is 0 Å². The van der Waals surface area contributed by atoms with Crippen LogP contribution < -0.4 is 0 Å². The maximum absolute atomic E-state index is 11.7. The van der Waals surface area contributed by atoms with Gasteiger partial charge in [0.05, 0.1) is 6.26 Å². The van der Waals surface area contributed by atoms with E-state index in [1.54, 1.807) is 35.7 Å². The molecular formula is C12H16O2S2. The van der Waals surface area contributed by atoms with E-state index in [1.165, 1.54) is 16.1 Å². The van der Waals surface area contributed by atoms with Crippen molar-refractivity contribution in [1.29, 1.82) is 0 Å². The molecule has 0 aliphatic carbocycles. The summed E-state index contributed by atoms with van der Waals surface area (Å²) >= 11 is 3.47. The summed E-state index contributed by atoms with van der Waals surface area (Å²) in [6.45, 7) is 2.08. The van der Waals surface area contributed by atoms with Crippen molar-refractivity contribution in [2.45, 2.75) is 19.8 Å². The molecule has 0 aliphatic heterocycles. The summed E-state index contributed by atoms with van der Waals surface area (Å²) in [5, 5.41) is 0. The molecule has 88 valence electrons. The van der Waals surface area contributed by atoms with Gasteiger partial charge in [0.1, 0.15) is 0 Å². The highest BCUT2D eigenvalue weighted by molar-refractivity contribution is 8.21. The molecule has 0 aromatic carbocycles. The molecule has 0 radical (unpaired) electrons. The average Bonchev–Trinajstić information content (AvgIpc) is 2.81. The molecule has 4 heteroatoms. The molecule has 2 nitrogen and oxygen atoms in total. The first kappa shape index (κ1) is 13.5. The number of rotatable bonds is 6. The van der Waals surface area contributed by atoms with Crippen LogP contribution in [-0.4, -0.2) is 18.3 Å². The van der Waals surface area contributed by atoms with Crippen molar-refractivity contribution < 1.29 is 9.21 Å². The van der Waals surface area contributed by atoms with Crippen LogP contribution in [0.25, 0.3) is 0 Å². The summed E-state index contributed by atoms with van der Waals surface area (Å²) < 4.78 is 6.36. The van der Waals surface area contributed by atoms with Gasteiger partial charge in [-0.15, -0.1) is 23.5 Å². The summed E-state index contributed by atoms with van der Waals surface area (Å²) in [4.78, 5) is 11.7. The molecule has 1 aromatic heterocycles. The molecule has 1 heterocycles. The second-order valence-electron chi connectivity index (χ2n) is 3.38. The molecule has 0 saturated carbocycles. The molecule has 0 saturated heterocycles. The number of allylic oxidation sites excluding steroid dienone is 1. The van der Waals surface area contributed by atoms with Crippen molar-refractivity contribution in [1.82, 2.24) is 0 Å². The number of hydrogen-bond donors (Lipinski definition) is 0. The number of hydrogen-bond acceptors (Lipinski definition) is 4. The van der Waals surface area contributed by atoms with Crippen LogP contribution in [0.2, 0.25) is 0 Å². The van der Waals surface area contributed by atoms with Crippen molar-refractivity contribution in [3.05, 3.63) is 34.0 Å². The fourth-order valence-corrected chi connectivity index (χ4v) is 2.96. The number of Topliss-reactive ketones (excluding diaryl/α,β-unsaturated/α-hetero) is 1. The second kappa shape index (κ2) is 6.86. The lowest BCUT2D eigenvalue weighted by molar-refractivity contribution is 0.0956. The Labute approximate surface area is 105 Å². The van der Waals surface area contributed by atoms with E-state index in [9.17, 15) is 4.79 Å². The first-order chi connectivity index (χ1) is 7.69. The predicted octanol–water partition coefficient (Wildman–Crippen LogP) is 4.20. The number of thioether (sulfide) groups is 2.